The summed E-state index contributed by atoms with van der Waals surface area (Å²) < 4.78 is 5.25. The molecule has 0 atom stereocenters. The van der Waals surface area contributed by atoms with Gasteiger partial charge in [0, 0.05) is 11.4 Å². The molecule has 1 aliphatic rings. The number of carbonyl (C=O) groups excluding carboxylic acids is 2. The monoisotopic (exact) mass is 352 g/mol. The number of anilines is 1. The number of nitriles is 1. The van der Waals surface area contributed by atoms with Crippen molar-refractivity contribution in [3.63, 3.8) is 0 Å². The summed E-state index contributed by atoms with van der Waals surface area (Å²) in [5.41, 5.74) is 2.24. The van der Waals surface area contributed by atoms with Gasteiger partial charge in [0.2, 0.25) is 5.91 Å². The number of nitrogens with zero attached hydrogens (tertiary/aromatic N) is 2. The summed E-state index contributed by atoms with van der Waals surface area (Å²) in [6.07, 6.45) is 0.140. The molecular weight excluding hydrogens is 336 g/mol. The van der Waals surface area contributed by atoms with Gasteiger partial charge < -0.3 is 9.64 Å². The van der Waals surface area contributed by atoms with Gasteiger partial charge in [-0.25, -0.2) is 0 Å². The lowest BCUT2D eigenvalue weighted by Crippen LogP contribution is -2.37. The van der Waals surface area contributed by atoms with Gasteiger partial charge in [-0.15, -0.1) is 11.8 Å². The molecule has 2 aromatic carbocycles. The molecule has 0 saturated carbocycles. The van der Waals surface area contributed by atoms with Crippen LogP contribution >= 0.6 is 11.8 Å². The van der Waals surface area contributed by atoms with Crippen molar-refractivity contribution in [1.82, 2.24) is 0 Å². The van der Waals surface area contributed by atoms with Crippen LogP contribution in [0.25, 0.3) is 0 Å². The van der Waals surface area contributed by atoms with E-state index in [-0.39, 0.29) is 24.9 Å². The van der Waals surface area contributed by atoms with Crippen LogP contribution in [-0.2, 0) is 20.9 Å². The first-order valence-electron chi connectivity index (χ1n) is 7.84. The molecule has 2 aromatic rings. The number of carbonyl (C=O) groups is 2. The smallest absolute Gasteiger partial charge is 0.307 e. The Morgan fingerprint density at radius 1 is 1.20 bits per heavy atom. The van der Waals surface area contributed by atoms with E-state index in [2.05, 4.69) is 0 Å². The Kier molecular flexibility index (Phi) is 5.36. The summed E-state index contributed by atoms with van der Waals surface area (Å²) in [5.74, 6) is 0.0357. The van der Waals surface area contributed by atoms with Gasteiger partial charge in [-0.2, -0.15) is 5.26 Å². The third-order valence-electron chi connectivity index (χ3n) is 3.83. The Labute approximate surface area is 150 Å². The van der Waals surface area contributed by atoms with Crippen LogP contribution in [0.5, 0.6) is 0 Å². The second kappa shape index (κ2) is 7.86. The molecule has 0 saturated heterocycles. The average molecular weight is 352 g/mol. The van der Waals surface area contributed by atoms with Crippen LogP contribution in [0.3, 0.4) is 0 Å². The molecule has 5 nitrogen and oxygen atoms in total. The fourth-order valence-electron chi connectivity index (χ4n) is 2.51. The summed E-state index contributed by atoms with van der Waals surface area (Å²) in [6.45, 7) is 0.466. The number of hydrogen-bond acceptors (Lipinski definition) is 5. The molecule has 25 heavy (non-hydrogen) atoms. The van der Waals surface area contributed by atoms with Crippen LogP contribution in [0.15, 0.2) is 53.4 Å². The summed E-state index contributed by atoms with van der Waals surface area (Å²) in [7, 11) is 0. The van der Waals surface area contributed by atoms with Gasteiger partial charge in [0.05, 0.1) is 29.5 Å². The highest BCUT2D eigenvalue weighted by atomic mass is 32.2. The van der Waals surface area contributed by atoms with Crippen LogP contribution in [0.4, 0.5) is 5.69 Å². The number of benzene rings is 2. The van der Waals surface area contributed by atoms with Crippen molar-refractivity contribution < 1.29 is 14.3 Å². The van der Waals surface area contributed by atoms with Crippen molar-refractivity contribution in [2.45, 2.75) is 17.9 Å². The molecule has 0 aliphatic carbocycles. The highest BCUT2D eigenvalue weighted by molar-refractivity contribution is 8.00. The minimum absolute atomic E-state index is 0.00333. The van der Waals surface area contributed by atoms with Crippen molar-refractivity contribution in [3.8, 4) is 6.07 Å². The van der Waals surface area contributed by atoms with E-state index in [0.29, 0.717) is 17.9 Å². The van der Waals surface area contributed by atoms with E-state index >= 15 is 0 Å². The summed E-state index contributed by atoms with van der Waals surface area (Å²) in [4.78, 5) is 26.8. The maximum Gasteiger partial charge on any atom is 0.307 e. The second-order valence-electron chi connectivity index (χ2n) is 5.52. The van der Waals surface area contributed by atoms with Gasteiger partial charge in [-0.1, -0.05) is 24.3 Å². The van der Waals surface area contributed by atoms with Gasteiger partial charge in [-0.3, -0.25) is 9.59 Å². The molecular formula is C19H16N2O3S. The number of hydrogen-bond donors (Lipinski definition) is 0. The topological polar surface area (TPSA) is 70.4 Å². The number of para-hydroxylation sites is 1. The van der Waals surface area contributed by atoms with Gasteiger partial charge >= 0.3 is 5.97 Å². The summed E-state index contributed by atoms with van der Waals surface area (Å²) in [6, 6.07) is 16.6. The van der Waals surface area contributed by atoms with E-state index in [9.17, 15) is 9.59 Å². The SMILES string of the molecule is N#Cc1ccc(COC(=O)CCN2C(=O)CSc3ccccc32)cc1. The van der Waals surface area contributed by atoms with Crippen molar-refractivity contribution in [2.75, 3.05) is 17.2 Å². The zero-order valence-corrected chi connectivity index (χ0v) is 14.3. The minimum atomic E-state index is -0.354. The summed E-state index contributed by atoms with van der Waals surface area (Å²) in [5, 5.41) is 8.76. The molecule has 0 radical (unpaired) electrons. The van der Waals surface area contributed by atoms with Crippen LogP contribution in [0.2, 0.25) is 0 Å². The normalized spacial score (nSPS) is 13.1. The van der Waals surface area contributed by atoms with Crippen molar-refractivity contribution in [2.24, 2.45) is 0 Å². The predicted molar refractivity (Wildman–Crippen MR) is 95.1 cm³/mol. The Hall–Kier alpha value is -2.78. The molecule has 0 aromatic heterocycles. The standard InChI is InChI=1S/C19H16N2O3S/c20-11-14-5-7-15(8-6-14)12-24-19(23)9-10-21-16-3-1-2-4-17(16)25-13-18(21)22/h1-8H,9-10,12-13H2. The maximum atomic E-state index is 12.1. The average Bonchev–Trinajstić information content (AvgIpc) is 2.66. The molecule has 0 N–H and O–H groups in total. The van der Waals surface area contributed by atoms with E-state index in [4.69, 9.17) is 10.00 Å². The molecule has 0 spiro atoms. The number of thioether (sulfide) groups is 1. The third kappa shape index (κ3) is 4.20. The number of fused-ring (bicyclic) bond motifs is 1. The van der Waals surface area contributed by atoms with E-state index in [1.54, 1.807) is 29.2 Å². The van der Waals surface area contributed by atoms with Crippen LogP contribution in [0, 0.1) is 11.3 Å². The fraction of sp³-hybridized carbons (Fsp3) is 0.211. The highest BCUT2D eigenvalue weighted by Gasteiger charge is 2.24. The molecule has 1 heterocycles. The Morgan fingerprint density at radius 3 is 2.72 bits per heavy atom. The van der Waals surface area contributed by atoms with Crippen LogP contribution in [0.1, 0.15) is 17.5 Å². The second-order valence-corrected chi connectivity index (χ2v) is 6.54. The third-order valence-corrected chi connectivity index (χ3v) is 4.88. The fourth-order valence-corrected chi connectivity index (χ4v) is 3.45. The zero-order valence-electron chi connectivity index (χ0n) is 13.5. The predicted octanol–water partition coefficient (Wildman–Crippen LogP) is 3.13. The largest absolute Gasteiger partial charge is 0.461 e. The first-order chi connectivity index (χ1) is 12.2. The quantitative estimate of drug-likeness (QED) is 0.773. The number of ether oxygens (including phenoxy) is 1. The summed E-state index contributed by atoms with van der Waals surface area (Å²) >= 11 is 1.52. The lowest BCUT2D eigenvalue weighted by atomic mass is 10.2. The maximum absolute atomic E-state index is 12.1. The molecule has 6 heteroatoms. The highest BCUT2D eigenvalue weighted by Crippen LogP contribution is 2.34. The first kappa shape index (κ1) is 17.1. The van der Waals surface area contributed by atoms with E-state index in [1.165, 1.54) is 11.8 Å². The molecule has 0 bridgehead atoms. The molecule has 0 fully saturated rings. The van der Waals surface area contributed by atoms with Crippen LogP contribution < -0.4 is 4.90 Å². The van der Waals surface area contributed by atoms with E-state index < -0.39 is 0 Å². The van der Waals surface area contributed by atoms with Crippen molar-refractivity contribution in [3.05, 3.63) is 59.7 Å². The van der Waals surface area contributed by atoms with E-state index in [1.807, 2.05) is 30.3 Å². The minimum Gasteiger partial charge on any atom is -0.461 e. The molecule has 1 aliphatic heterocycles. The Bertz CT molecular complexity index is 827. The van der Waals surface area contributed by atoms with Gasteiger partial charge in [-0.05, 0) is 29.8 Å². The Balaban J connectivity index is 1.53. The number of amides is 1. The zero-order chi connectivity index (χ0) is 17.6. The first-order valence-corrected chi connectivity index (χ1v) is 8.83. The lowest BCUT2D eigenvalue weighted by Gasteiger charge is -2.28. The lowest BCUT2D eigenvalue weighted by molar-refractivity contribution is -0.144. The van der Waals surface area contributed by atoms with Crippen molar-refractivity contribution >= 4 is 29.3 Å². The van der Waals surface area contributed by atoms with Gasteiger partial charge in [0.1, 0.15) is 6.61 Å². The van der Waals surface area contributed by atoms with Crippen LogP contribution in [-0.4, -0.2) is 24.2 Å². The number of esters is 1. The van der Waals surface area contributed by atoms with Gasteiger partial charge in [0.15, 0.2) is 0 Å². The van der Waals surface area contributed by atoms with E-state index in [0.717, 1.165) is 16.1 Å². The number of rotatable bonds is 5. The molecule has 1 amide bonds. The Morgan fingerprint density at radius 2 is 1.96 bits per heavy atom. The molecule has 0 unspecified atom stereocenters. The van der Waals surface area contributed by atoms with Gasteiger partial charge in [0.25, 0.3) is 0 Å². The molecule has 126 valence electrons. The molecule has 3 rings (SSSR count). The van der Waals surface area contributed by atoms with Crippen molar-refractivity contribution in [1.29, 1.82) is 5.26 Å².